The van der Waals surface area contributed by atoms with Crippen molar-refractivity contribution in [1.29, 1.82) is 0 Å². The first-order chi connectivity index (χ1) is 17.0. The standard InChI is InChI=1S/C27H30N4O4/c1-19-11-13-31(14-12-19)27(34)21-4-2-5-23(16-21)28-18-25(32)30-22-9-7-20(8-10-22)26(33)29-17-24-6-3-15-35-24/h2-10,15-16,19,28H,11-14,17-18H2,1H3,(H,29,33)(H,30,32). The molecule has 1 aromatic heterocycles. The predicted molar refractivity (Wildman–Crippen MR) is 134 cm³/mol. The summed E-state index contributed by atoms with van der Waals surface area (Å²) in [5.74, 6) is 0.895. The first-order valence-electron chi connectivity index (χ1n) is 11.8. The van der Waals surface area contributed by atoms with Gasteiger partial charge >= 0.3 is 0 Å². The fraction of sp³-hybridized carbons (Fsp3) is 0.296. The van der Waals surface area contributed by atoms with Gasteiger partial charge in [0.15, 0.2) is 0 Å². The Morgan fingerprint density at radius 2 is 1.71 bits per heavy atom. The third-order valence-corrected chi connectivity index (χ3v) is 6.07. The molecule has 0 bridgehead atoms. The zero-order valence-electron chi connectivity index (χ0n) is 19.8. The Labute approximate surface area is 204 Å². The summed E-state index contributed by atoms with van der Waals surface area (Å²) in [6, 6.07) is 17.4. The number of furan rings is 1. The van der Waals surface area contributed by atoms with Crippen LogP contribution in [0.3, 0.4) is 0 Å². The Bertz CT molecular complexity index is 1150. The van der Waals surface area contributed by atoms with E-state index in [-0.39, 0.29) is 24.3 Å². The van der Waals surface area contributed by atoms with Crippen LogP contribution in [0.25, 0.3) is 0 Å². The van der Waals surface area contributed by atoms with Crippen molar-refractivity contribution in [2.45, 2.75) is 26.3 Å². The molecule has 0 radical (unpaired) electrons. The van der Waals surface area contributed by atoms with Crippen LogP contribution in [-0.4, -0.2) is 42.3 Å². The minimum atomic E-state index is -0.234. The van der Waals surface area contributed by atoms with Gasteiger partial charge in [-0.2, -0.15) is 0 Å². The summed E-state index contributed by atoms with van der Waals surface area (Å²) in [6.07, 6.45) is 3.61. The van der Waals surface area contributed by atoms with E-state index in [4.69, 9.17) is 4.42 Å². The van der Waals surface area contributed by atoms with Gasteiger partial charge in [-0.1, -0.05) is 13.0 Å². The number of anilines is 2. The van der Waals surface area contributed by atoms with Crippen molar-refractivity contribution in [3.63, 3.8) is 0 Å². The van der Waals surface area contributed by atoms with Gasteiger partial charge in [-0.05, 0) is 73.4 Å². The molecule has 0 spiro atoms. The van der Waals surface area contributed by atoms with Gasteiger partial charge < -0.3 is 25.3 Å². The molecule has 35 heavy (non-hydrogen) atoms. The van der Waals surface area contributed by atoms with Crippen molar-refractivity contribution in [1.82, 2.24) is 10.2 Å². The number of amides is 3. The summed E-state index contributed by atoms with van der Waals surface area (Å²) < 4.78 is 5.20. The topological polar surface area (TPSA) is 104 Å². The van der Waals surface area contributed by atoms with E-state index in [1.54, 1.807) is 54.8 Å². The molecular formula is C27H30N4O4. The van der Waals surface area contributed by atoms with E-state index in [2.05, 4.69) is 22.9 Å². The maximum Gasteiger partial charge on any atom is 0.253 e. The number of nitrogens with zero attached hydrogens (tertiary/aromatic N) is 1. The highest BCUT2D eigenvalue weighted by molar-refractivity contribution is 5.97. The molecule has 8 nitrogen and oxygen atoms in total. The van der Waals surface area contributed by atoms with Gasteiger partial charge in [0.05, 0.1) is 19.4 Å². The van der Waals surface area contributed by atoms with E-state index >= 15 is 0 Å². The number of carbonyl (C=O) groups excluding carboxylic acids is 3. The molecule has 0 saturated carbocycles. The Kier molecular flexibility index (Phi) is 7.82. The average molecular weight is 475 g/mol. The first kappa shape index (κ1) is 24.1. The lowest BCUT2D eigenvalue weighted by atomic mass is 9.98. The number of benzene rings is 2. The second-order valence-electron chi connectivity index (χ2n) is 8.80. The van der Waals surface area contributed by atoms with Crippen molar-refractivity contribution >= 4 is 29.1 Å². The number of likely N-dealkylation sites (tertiary alicyclic amines) is 1. The molecule has 1 aliphatic rings. The maximum atomic E-state index is 12.8. The Hall–Kier alpha value is -4.07. The molecule has 2 heterocycles. The number of rotatable bonds is 8. The lowest BCUT2D eigenvalue weighted by Gasteiger charge is -2.30. The molecular weight excluding hydrogens is 444 g/mol. The molecule has 3 N–H and O–H groups in total. The first-order valence-corrected chi connectivity index (χ1v) is 11.8. The molecule has 182 valence electrons. The smallest absolute Gasteiger partial charge is 0.253 e. The summed E-state index contributed by atoms with van der Waals surface area (Å²) in [6.45, 7) is 4.13. The highest BCUT2D eigenvalue weighted by Gasteiger charge is 2.21. The van der Waals surface area contributed by atoms with Crippen molar-refractivity contribution in [2.75, 3.05) is 30.3 Å². The minimum Gasteiger partial charge on any atom is -0.467 e. The van der Waals surface area contributed by atoms with Crippen LogP contribution in [0.5, 0.6) is 0 Å². The second-order valence-corrected chi connectivity index (χ2v) is 8.80. The van der Waals surface area contributed by atoms with Gasteiger partial charge in [-0.15, -0.1) is 0 Å². The lowest BCUT2D eigenvalue weighted by Crippen LogP contribution is -2.37. The van der Waals surface area contributed by atoms with Crippen LogP contribution in [0.1, 0.15) is 46.2 Å². The highest BCUT2D eigenvalue weighted by atomic mass is 16.3. The Morgan fingerprint density at radius 3 is 2.43 bits per heavy atom. The normalized spacial score (nSPS) is 13.8. The summed E-state index contributed by atoms with van der Waals surface area (Å²) >= 11 is 0. The zero-order chi connectivity index (χ0) is 24.6. The number of piperidine rings is 1. The third-order valence-electron chi connectivity index (χ3n) is 6.07. The molecule has 0 unspecified atom stereocenters. The number of hydrogen-bond acceptors (Lipinski definition) is 5. The number of nitrogens with one attached hydrogen (secondary N) is 3. The molecule has 3 amide bonds. The molecule has 2 aromatic carbocycles. The molecule has 1 saturated heterocycles. The van der Waals surface area contributed by atoms with Gasteiger partial charge in [0, 0.05) is 35.6 Å². The van der Waals surface area contributed by atoms with Crippen molar-refractivity contribution in [3.05, 3.63) is 83.8 Å². The molecule has 8 heteroatoms. The van der Waals surface area contributed by atoms with Crippen LogP contribution in [0.2, 0.25) is 0 Å². The average Bonchev–Trinajstić information content (AvgIpc) is 3.40. The van der Waals surface area contributed by atoms with Crippen molar-refractivity contribution in [3.8, 4) is 0 Å². The van der Waals surface area contributed by atoms with Crippen LogP contribution in [0, 0.1) is 5.92 Å². The molecule has 1 aliphatic heterocycles. The zero-order valence-corrected chi connectivity index (χ0v) is 19.8. The van der Waals surface area contributed by atoms with Crippen LogP contribution in [0.4, 0.5) is 11.4 Å². The quantitative estimate of drug-likeness (QED) is 0.455. The monoisotopic (exact) mass is 474 g/mol. The number of carbonyl (C=O) groups is 3. The van der Waals surface area contributed by atoms with E-state index in [1.807, 2.05) is 17.0 Å². The van der Waals surface area contributed by atoms with Gasteiger partial charge in [-0.3, -0.25) is 14.4 Å². The summed E-state index contributed by atoms with van der Waals surface area (Å²) in [5.41, 5.74) is 2.39. The fourth-order valence-corrected chi connectivity index (χ4v) is 3.93. The van der Waals surface area contributed by atoms with E-state index in [0.717, 1.165) is 25.9 Å². The summed E-state index contributed by atoms with van der Waals surface area (Å²) in [4.78, 5) is 39.3. The van der Waals surface area contributed by atoms with Crippen molar-refractivity contribution in [2.24, 2.45) is 5.92 Å². The van der Waals surface area contributed by atoms with Crippen LogP contribution in [-0.2, 0) is 11.3 Å². The highest BCUT2D eigenvalue weighted by Crippen LogP contribution is 2.19. The number of hydrogen-bond donors (Lipinski definition) is 3. The van der Waals surface area contributed by atoms with E-state index in [9.17, 15) is 14.4 Å². The lowest BCUT2D eigenvalue weighted by molar-refractivity contribution is -0.114. The SMILES string of the molecule is CC1CCN(C(=O)c2cccc(NCC(=O)Nc3ccc(C(=O)NCc4ccco4)cc3)c2)CC1. The van der Waals surface area contributed by atoms with Gasteiger partial charge in [0.1, 0.15) is 5.76 Å². The Morgan fingerprint density at radius 1 is 0.943 bits per heavy atom. The van der Waals surface area contributed by atoms with Gasteiger partial charge in [-0.25, -0.2) is 0 Å². The van der Waals surface area contributed by atoms with E-state index in [1.165, 1.54) is 0 Å². The van der Waals surface area contributed by atoms with Crippen LogP contribution < -0.4 is 16.0 Å². The maximum absolute atomic E-state index is 12.8. The van der Waals surface area contributed by atoms with Gasteiger partial charge in [0.2, 0.25) is 5.91 Å². The minimum absolute atomic E-state index is 0.0262. The van der Waals surface area contributed by atoms with Crippen LogP contribution >= 0.6 is 0 Å². The summed E-state index contributed by atoms with van der Waals surface area (Å²) in [7, 11) is 0. The Balaban J connectivity index is 1.25. The largest absolute Gasteiger partial charge is 0.467 e. The fourth-order valence-electron chi connectivity index (χ4n) is 3.93. The van der Waals surface area contributed by atoms with E-state index in [0.29, 0.717) is 40.7 Å². The molecule has 0 aliphatic carbocycles. The molecule has 3 aromatic rings. The summed E-state index contributed by atoms with van der Waals surface area (Å²) in [5, 5.41) is 8.65. The van der Waals surface area contributed by atoms with Gasteiger partial charge in [0.25, 0.3) is 11.8 Å². The second kappa shape index (κ2) is 11.4. The molecule has 1 fully saturated rings. The van der Waals surface area contributed by atoms with Crippen molar-refractivity contribution < 1.29 is 18.8 Å². The third kappa shape index (κ3) is 6.72. The van der Waals surface area contributed by atoms with Crippen LogP contribution in [0.15, 0.2) is 71.3 Å². The molecule has 4 rings (SSSR count). The van der Waals surface area contributed by atoms with E-state index < -0.39 is 0 Å². The predicted octanol–water partition coefficient (Wildman–Crippen LogP) is 4.13. The molecule has 0 atom stereocenters.